The average Bonchev–Trinajstić information content (AvgIpc) is 2.21. The van der Waals surface area contributed by atoms with E-state index in [-0.39, 0.29) is 0 Å². The summed E-state index contributed by atoms with van der Waals surface area (Å²) in [5.41, 5.74) is 0. The van der Waals surface area contributed by atoms with Crippen LogP contribution in [-0.2, 0) is 4.62 Å². The largest absolute Gasteiger partial charge is 0.437 e. The smallest absolute Gasteiger partial charge is 0.317 e. The predicted octanol–water partition coefficient (Wildman–Crippen LogP) is 2.78. The molecule has 68 valence electrons. The molecule has 0 aliphatic carbocycles. The molecule has 0 bridgehead atoms. The molecule has 1 aromatic carbocycles. The maximum absolute atomic E-state index is 5.58. The van der Waals surface area contributed by atoms with Gasteiger partial charge in [0.15, 0.2) is 0 Å². The molecule has 1 aliphatic heterocycles. The molecule has 2 rings (SSSR count). The summed E-state index contributed by atoms with van der Waals surface area (Å²) in [5.74, 6) is 0.853. The number of nitrogens with zero attached hydrogens (tertiary/aromatic N) is 1. The lowest BCUT2D eigenvalue weighted by atomic mass is 10.3. The van der Waals surface area contributed by atoms with Crippen molar-refractivity contribution < 1.29 is 9.15 Å². The number of hydrogen-bond acceptors (Lipinski definition) is 3. The zero-order valence-electron chi connectivity index (χ0n) is 7.09. The molecule has 1 atom stereocenters. The van der Waals surface area contributed by atoms with Crippen LogP contribution in [0.3, 0.4) is 0 Å². The maximum atomic E-state index is 5.58. The Labute approximate surface area is 78.3 Å². The second-order valence-corrected chi connectivity index (χ2v) is 4.08. The van der Waals surface area contributed by atoms with Gasteiger partial charge in [-0.05, 0) is 18.6 Å². The number of para-hydroxylation sites is 1. The van der Waals surface area contributed by atoms with Crippen molar-refractivity contribution in [2.45, 2.75) is 6.42 Å². The summed E-state index contributed by atoms with van der Waals surface area (Å²) in [4.78, 5) is 0. The van der Waals surface area contributed by atoms with Gasteiger partial charge in [0.1, 0.15) is 5.75 Å². The zero-order valence-corrected chi connectivity index (χ0v) is 7.98. The van der Waals surface area contributed by atoms with E-state index in [1.54, 1.807) is 6.21 Å². The molecule has 1 heterocycles. The second kappa shape index (κ2) is 4.24. The van der Waals surface area contributed by atoms with Crippen LogP contribution in [0.1, 0.15) is 6.42 Å². The van der Waals surface area contributed by atoms with Gasteiger partial charge in [0.2, 0.25) is 0 Å². The standard InChI is InChI=1S/C9H10NO2P/c1-2-5-9(6-3-1)11-13-8-4-7-10-12-13/h1-3,5-7H,4,8H2. The van der Waals surface area contributed by atoms with Crippen LogP contribution in [0.4, 0.5) is 0 Å². The Hall–Kier alpha value is -1.08. The predicted molar refractivity (Wildman–Crippen MR) is 53.1 cm³/mol. The monoisotopic (exact) mass is 195 g/mol. The van der Waals surface area contributed by atoms with Gasteiger partial charge in [-0.2, -0.15) is 0 Å². The summed E-state index contributed by atoms with van der Waals surface area (Å²) in [7, 11) is -0.846. The van der Waals surface area contributed by atoms with Gasteiger partial charge in [0, 0.05) is 12.4 Å². The third-order valence-electron chi connectivity index (χ3n) is 1.60. The van der Waals surface area contributed by atoms with Crippen molar-refractivity contribution in [3.05, 3.63) is 30.3 Å². The molecule has 0 spiro atoms. The molecule has 1 aromatic rings. The van der Waals surface area contributed by atoms with E-state index in [9.17, 15) is 0 Å². The van der Waals surface area contributed by atoms with Gasteiger partial charge in [-0.15, -0.1) is 0 Å². The molecular formula is C9H10NO2P. The van der Waals surface area contributed by atoms with Crippen molar-refractivity contribution >= 4 is 14.6 Å². The summed E-state index contributed by atoms with van der Waals surface area (Å²) in [6.45, 7) is 0. The highest BCUT2D eigenvalue weighted by Crippen LogP contribution is 2.41. The summed E-state index contributed by atoms with van der Waals surface area (Å²) < 4.78 is 10.7. The van der Waals surface area contributed by atoms with Crippen molar-refractivity contribution in [3.63, 3.8) is 0 Å². The average molecular weight is 195 g/mol. The Bertz CT molecular complexity index is 289. The van der Waals surface area contributed by atoms with E-state index in [2.05, 4.69) is 5.16 Å². The van der Waals surface area contributed by atoms with E-state index in [0.29, 0.717) is 0 Å². The first-order valence-corrected chi connectivity index (χ1v) is 5.51. The van der Waals surface area contributed by atoms with E-state index < -0.39 is 8.38 Å². The van der Waals surface area contributed by atoms with Gasteiger partial charge in [0.25, 0.3) is 0 Å². The topological polar surface area (TPSA) is 30.8 Å². The Morgan fingerprint density at radius 1 is 1.31 bits per heavy atom. The third kappa shape index (κ3) is 2.43. The third-order valence-corrected chi connectivity index (χ3v) is 2.92. The molecule has 4 heteroatoms. The van der Waals surface area contributed by atoms with Gasteiger partial charge < -0.3 is 9.15 Å². The Kier molecular flexibility index (Phi) is 2.78. The van der Waals surface area contributed by atoms with Crippen LogP contribution in [-0.4, -0.2) is 12.4 Å². The number of hydrogen-bond donors (Lipinski definition) is 0. The molecule has 1 unspecified atom stereocenters. The molecule has 13 heavy (non-hydrogen) atoms. The van der Waals surface area contributed by atoms with Gasteiger partial charge >= 0.3 is 8.38 Å². The number of rotatable bonds is 2. The minimum Gasteiger partial charge on any atom is -0.437 e. The molecular weight excluding hydrogens is 185 g/mol. The molecule has 3 nitrogen and oxygen atoms in total. The van der Waals surface area contributed by atoms with Crippen LogP contribution in [0.5, 0.6) is 5.75 Å². The minimum absolute atomic E-state index is 0.846. The van der Waals surface area contributed by atoms with Crippen LogP contribution in [0.25, 0.3) is 0 Å². The molecule has 0 saturated carbocycles. The molecule has 0 aromatic heterocycles. The van der Waals surface area contributed by atoms with E-state index in [0.717, 1.165) is 18.3 Å². The lowest BCUT2D eigenvalue weighted by Crippen LogP contribution is -1.99. The van der Waals surface area contributed by atoms with Crippen molar-refractivity contribution in [2.75, 3.05) is 6.16 Å². The highest BCUT2D eigenvalue weighted by molar-refractivity contribution is 7.47. The fourth-order valence-electron chi connectivity index (χ4n) is 1.00. The van der Waals surface area contributed by atoms with Gasteiger partial charge in [-0.1, -0.05) is 23.4 Å². The molecule has 1 aliphatic rings. The quantitative estimate of drug-likeness (QED) is 0.679. The molecule has 0 N–H and O–H groups in total. The summed E-state index contributed by atoms with van der Waals surface area (Å²) in [6.07, 6.45) is 3.64. The van der Waals surface area contributed by atoms with E-state index in [4.69, 9.17) is 9.15 Å². The normalized spacial score (nSPS) is 20.8. The maximum Gasteiger partial charge on any atom is 0.317 e. The van der Waals surface area contributed by atoms with E-state index >= 15 is 0 Å². The Morgan fingerprint density at radius 3 is 2.85 bits per heavy atom. The molecule has 0 radical (unpaired) electrons. The Balaban J connectivity index is 1.94. The van der Waals surface area contributed by atoms with Gasteiger partial charge in [-0.25, -0.2) is 0 Å². The van der Waals surface area contributed by atoms with Crippen molar-refractivity contribution in [3.8, 4) is 5.75 Å². The van der Waals surface area contributed by atoms with Crippen LogP contribution in [0.2, 0.25) is 0 Å². The van der Waals surface area contributed by atoms with E-state index in [1.807, 2.05) is 30.3 Å². The molecule has 0 fully saturated rings. The van der Waals surface area contributed by atoms with Gasteiger partial charge in [-0.3, -0.25) is 0 Å². The summed E-state index contributed by atoms with van der Waals surface area (Å²) >= 11 is 0. The first-order valence-electron chi connectivity index (χ1n) is 4.15. The summed E-state index contributed by atoms with van der Waals surface area (Å²) in [5, 5.41) is 3.73. The second-order valence-electron chi connectivity index (χ2n) is 2.62. The van der Waals surface area contributed by atoms with Crippen molar-refractivity contribution in [1.29, 1.82) is 0 Å². The van der Waals surface area contributed by atoms with Crippen LogP contribution >= 0.6 is 8.38 Å². The first-order chi connectivity index (χ1) is 6.45. The van der Waals surface area contributed by atoms with E-state index in [1.165, 1.54) is 0 Å². The fraction of sp³-hybridized carbons (Fsp3) is 0.222. The van der Waals surface area contributed by atoms with Crippen LogP contribution < -0.4 is 4.52 Å². The number of oxime groups is 1. The number of benzene rings is 1. The summed E-state index contributed by atoms with van der Waals surface area (Å²) in [6, 6.07) is 9.68. The highest BCUT2D eigenvalue weighted by atomic mass is 31.2. The molecule has 0 saturated heterocycles. The molecule has 0 amide bonds. The highest BCUT2D eigenvalue weighted by Gasteiger charge is 2.15. The lowest BCUT2D eigenvalue weighted by Gasteiger charge is -2.16. The lowest BCUT2D eigenvalue weighted by molar-refractivity contribution is 0.330. The van der Waals surface area contributed by atoms with Crippen LogP contribution in [0.15, 0.2) is 35.5 Å². The Morgan fingerprint density at radius 2 is 2.15 bits per heavy atom. The van der Waals surface area contributed by atoms with Gasteiger partial charge in [0.05, 0.1) is 0 Å². The zero-order chi connectivity index (χ0) is 8.93. The van der Waals surface area contributed by atoms with Crippen molar-refractivity contribution in [2.24, 2.45) is 5.16 Å². The van der Waals surface area contributed by atoms with Crippen LogP contribution in [0, 0.1) is 0 Å². The fourth-order valence-corrected chi connectivity index (χ4v) is 2.07. The first kappa shape index (κ1) is 8.52. The van der Waals surface area contributed by atoms with Crippen molar-refractivity contribution in [1.82, 2.24) is 0 Å². The SMILES string of the molecule is C1=NOP(Oc2ccccc2)CC1. The minimum atomic E-state index is -0.846.